The molecule has 0 aromatic heterocycles. The average molecular weight is 243 g/mol. The van der Waals surface area contributed by atoms with Crippen molar-refractivity contribution in [2.24, 2.45) is 0 Å². The van der Waals surface area contributed by atoms with Crippen molar-refractivity contribution in [1.29, 1.82) is 0 Å². The third-order valence-corrected chi connectivity index (χ3v) is 6.85. The Labute approximate surface area is 91.8 Å². The van der Waals surface area contributed by atoms with Gasteiger partial charge >= 0.3 is 5.97 Å². The minimum Gasteiger partial charge on any atom is -0.478 e. The highest BCUT2D eigenvalue weighted by atomic mass is 35.5. The molecule has 2 N–H and O–H groups in total. The van der Waals surface area contributed by atoms with Crippen LogP contribution in [-0.4, -0.2) is 30.8 Å². The third-order valence-electron chi connectivity index (χ3n) is 2.42. The summed E-state index contributed by atoms with van der Waals surface area (Å²) in [5.41, 5.74) is 0. The van der Waals surface area contributed by atoms with Gasteiger partial charge < -0.3 is 14.6 Å². The molecule has 86 valence electrons. The molecular weight excluding hydrogens is 224 g/mol. The van der Waals surface area contributed by atoms with E-state index >= 15 is 0 Å². The van der Waals surface area contributed by atoms with E-state index < -0.39 is 20.6 Å². The number of halogens is 1. The van der Waals surface area contributed by atoms with Crippen molar-refractivity contribution in [2.45, 2.75) is 45.2 Å². The molecule has 0 saturated carbocycles. The van der Waals surface area contributed by atoms with Gasteiger partial charge in [-0.3, -0.25) is 0 Å². The summed E-state index contributed by atoms with van der Waals surface area (Å²) in [4.78, 5) is 10.4. The second-order valence-electron chi connectivity index (χ2n) is 4.57. The van der Waals surface area contributed by atoms with Crippen LogP contribution in [0, 0.1) is 0 Å². The van der Waals surface area contributed by atoms with Gasteiger partial charge in [0.25, 0.3) is 0 Å². The van der Waals surface area contributed by atoms with Gasteiger partial charge in [0.1, 0.15) is 0 Å². The van der Waals surface area contributed by atoms with Crippen LogP contribution >= 0.6 is 12.4 Å². The van der Waals surface area contributed by atoms with E-state index in [1.165, 1.54) is 0 Å². The quantitative estimate of drug-likeness (QED) is 0.585. The van der Waals surface area contributed by atoms with Crippen molar-refractivity contribution in [1.82, 2.24) is 0 Å². The Morgan fingerprint density at radius 1 is 1.36 bits per heavy atom. The summed E-state index contributed by atoms with van der Waals surface area (Å²) in [5, 5.41) is 17.4. The highest BCUT2D eigenvalue weighted by Crippen LogP contribution is 2.36. The standard InChI is InChI=1S/C8H18O4Si.ClH/c1-8(2,3)13(4,5)12-7(11)6(9)10;/h7,11H,1-5H3,(H,9,10);1H. The van der Waals surface area contributed by atoms with E-state index in [9.17, 15) is 4.79 Å². The molecule has 0 heterocycles. The number of carboxylic acids is 1. The van der Waals surface area contributed by atoms with Crippen LogP contribution in [0.15, 0.2) is 0 Å². The van der Waals surface area contributed by atoms with Crippen molar-refractivity contribution in [2.75, 3.05) is 0 Å². The van der Waals surface area contributed by atoms with Crippen LogP contribution in [0.1, 0.15) is 20.8 Å². The van der Waals surface area contributed by atoms with Crippen molar-refractivity contribution < 1.29 is 19.4 Å². The molecule has 6 heteroatoms. The fourth-order valence-electron chi connectivity index (χ4n) is 0.506. The normalized spacial score (nSPS) is 14.4. The Balaban J connectivity index is 0. The van der Waals surface area contributed by atoms with E-state index in [4.69, 9.17) is 14.6 Å². The Bertz CT molecular complexity index is 200. The number of aliphatic hydroxyl groups excluding tert-OH is 1. The molecule has 0 rings (SSSR count). The molecule has 0 aliphatic heterocycles. The number of hydrogen-bond donors (Lipinski definition) is 2. The summed E-state index contributed by atoms with van der Waals surface area (Å²) < 4.78 is 5.16. The minimum atomic E-state index is -2.16. The topological polar surface area (TPSA) is 66.8 Å². The SMILES string of the molecule is CC(C)(C)[Si](C)(C)OC(O)C(=O)O.Cl. The summed E-state index contributed by atoms with van der Waals surface area (Å²) in [6.45, 7) is 9.72. The Kier molecular flexibility index (Phi) is 5.96. The molecule has 0 aliphatic rings. The van der Waals surface area contributed by atoms with Gasteiger partial charge in [0.15, 0.2) is 8.32 Å². The van der Waals surface area contributed by atoms with Crippen LogP contribution in [-0.2, 0) is 9.22 Å². The predicted molar refractivity (Wildman–Crippen MR) is 59.2 cm³/mol. The molecule has 0 spiro atoms. The largest absolute Gasteiger partial charge is 0.478 e. The van der Waals surface area contributed by atoms with Gasteiger partial charge in [-0.15, -0.1) is 12.4 Å². The molecule has 1 atom stereocenters. The fraction of sp³-hybridized carbons (Fsp3) is 0.875. The molecule has 0 amide bonds. The van der Waals surface area contributed by atoms with Gasteiger partial charge in [-0.2, -0.15) is 0 Å². The van der Waals surface area contributed by atoms with E-state index in [0.717, 1.165) is 0 Å². The van der Waals surface area contributed by atoms with Gasteiger partial charge in [0.05, 0.1) is 0 Å². The van der Waals surface area contributed by atoms with Crippen LogP contribution in [0.25, 0.3) is 0 Å². The maximum absolute atomic E-state index is 10.4. The van der Waals surface area contributed by atoms with E-state index in [1.54, 1.807) is 0 Å². The number of carboxylic acid groups (broad SMARTS) is 1. The number of carbonyl (C=O) groups is 1. The summed E-state index contributed by atoms with van der Waals surface area (Å²) in [6, 6.07) is 0. The lowest BCUT2D eigenvalue weighted by atomic mass is 10.2. The van der Waals surface area contributed by atoms with E-state index in [2.05, 4.69) is 0 Å². The molecule has 14 heavy (non-hydrogen) atoms. The zero-order chi connectivity index (χ0) is 10.9. The third kappa shape index (κ3) is 4.41. The Morgan fingerprint density at radius 2 is 1.71 bits per heavy atom. The molecule has 0 radical (unpaired) electrons. The molecule has 1 unspecified atom stereocenters. The van der Waals surface area contributed by atoms with Crippen LogP contribution in [0.3, 0.4) is 0 Å². The number of hydrogen-bond acceptors (Lipinski definition) is 3. The molecule has 0 aliphatic carbocycles. The van der Waals surface area contributed by atoms with E-state index in [1.807, 2.05) is 33.9 Å². The van der Waals surface area contributed by atoms with Crippen molar-refractivity contribution in [3.05, 3.63) is 0 Å². The van der Waals surface area contributed by atoms with Crippen LogP contribution in [0.4, 0.5) is 0 Å². The monoisotopic (exact) mass is 242 g/mol. The van der Waals surface area contributed by atoms with Crippen LogP contribution in [0.2, 0.25) is 18.1 Å². The fourth-order valence-corrected chi connectivity index (χ4v) is 1.52. The lowest BCUT2D eigenvalue weighted by molar-refractivity contribution is -0.163. The first-order valence-corrected chi connectivity index (χ1v) is 7.07. The molecular formula is C8H19ClO4Si. The van der Waals surface area contributed by atoms with Crippen LogP contribution in [0.5, 0.6) is 0 Å². The van der Waals surface area contributed by atoms with Crippen molar-refractivity contribution in [3.63, 3.8) is 0 Å². The predicted octanol–water partition coefficient (Wildman–Crippen LogP) is 1.83. The lowest BCUT2D eigenvalue weighted by Gasteiger charge is -2.36. The average Bonchev–Trinajstić information content (AvgIpc) is 1.83. The van der Waals surface area contributed by atoms with Gasteiger partial charge in [-0.05, 0) is 18.1 Å². The summed E-state index contributed by atoms with van der Waals surface area (Å²) in [6.07, 6.45) is -1.69. The maximum Gasteiger partial charge on any atom is 0.359 e. The van der Waals surface area contributed by atoms with E-state index in [-0.39, 0.29) is 17.4 Å². The zero-order valence-corrected chi connectivity index (χ0v) is 11.0. The molecule has 0 bridgehead atoms. The molecule has 0 fully saturated rings. The van der Waals surface area contributed by atoms with Crippen molar-refractivity contribution in [3.8, 4) is 0 Å². The maximum atomic E-state index is 10.4. The Morgan fingerprint density at radius 3 is 1.93 bits per heavy atom. The number of rotatable bonds is 3. The Hall–Kier alpha value is -0.103. The molecule has 0 aromatic rings. The summed E-state index contributed by atoms with van der Waals surface area (Å²) in [5.74, 6) is -1.33. The summed E-state index contributed by atoms with van der Waals surface area (Å²) >= 11 is 0. The number of aliphatic carboxylic acids is 1. The van der Waals surface area contributed by atoms with Crippen molar-refractivity contribution >= 4 is 26.7 Å². The molecule has 0 aromatic carbocycles. The smallest absolute Gasteiger partial charge is 0.359 e. The number of aliphatic hydroxyl groups is 1. The van der Waals surface area contributed by atoms with Gasteiger partial charge in [0, 0.05) is 0 Å². The second kappa shape index (κ2) is 5.11. The summed E-state index contributed by atoms with van der Waals surface area (Å²) in [7, 11) is -2.16. The zero-order valence-electron chi connectivity index (χ0n) is 9.20. The first-order chi connectivity index (χ1) is 5.58. The minimum absolute atomic E-state index is 0. The van der Waals surface area contributed by atoms with Gasteiger partial charge in [0.2, 0.25) is 6.29 Å². The first kappa shape index (κ1) is 16.3. The highest BCUT2D eigenvalue weighted by molar-refractivity contribution is 6.74. The van der Waals surface area contributed by atoms with Crippen LogP contribution < -0.4 is 0 Å². The second-order valence-corrected chi connectivity index (χ2v) is 9.33. The molecule has 0 saturated heterocycles. The molecule has 4 nitrogen and oxygen atoms in total. The lowest BCUT2D eigenvalue weighted by Crippen LogP contribution is -2.46. The van der Waals surface area contributed by atoms with Gasteiger partial charge in [-0.25, -0.2) is 4.79 Å². The first-order valence-electron chi connectivity index (χ1n) is 4.16. The highest BCUT2D eigenvalue weighted by Gasteiger charge is 2.40. The van der Waals surface area contributed by atoms with Gasteiger partial charge in [-0.1, -0.05) is 20.8 Å². The van der Waals surface area contributed by atoms with E-state index in [0.29, 0.717) is 0 Å².